The average molecular weight is 418 g/mol. The Hall–Kier alpha value is -1.33. The molecule has 1 aromatic heterocycles. The summed E-state index contributed by atoms with van der Waals surface area (Å²) in [6, 6.07) is 0.293. The fourth-order valence-corrected chi connectivity index (χ4v) is 4.59. The molecule has 0 aliphatic heterocycles. The van der Waals surface area contributed by atoms with Gasteiger partial charge in [0.25, 0.3) is 0 Å². The summed E-state index contributed by atoms with van der Waals surface area (Å²) in [5.74, 6) is 0.219. The van der Waals surface area contributed by atoms with Crippen LogP contribution >= 0.6 is 34.9 Å². The highest BCUT2D eigenvalue weighted by molar-refractivity contribution is 8.03. The van der Waals surface area contributed by atoms with E-state index in [4.69, 9.17) is 0 Å². The zero-order valence-corrected chi connectivity index (χ0v) is 17.3. The lowest BCUT2D eigenvalue weighted by Gasteiger charge is -2.16. The van der Waals surface area contributed by atoms with Gasteiger partial charge in [0, 0.05) is 19.6 Å². The van der Waals surface area contributed by atoms with Gasteiger partial charge in [-0.05, 0) is 19.3 Å². The fraction of sp³-hybridized carbons (Fsp3) is 0.667. The summed E-state index contributed by atoms with van der Waals surface area (Å²) in [6.45, 7) is 2.74. The van der Waals surface area contributed by atoms with Gasteiger partial charge >= 0.3 is 0 Å². The molecule has 0 spiro atoms. The molecule has 0 saturated heterocycles. The number of thioether (sulfide) groups is 2. The molecule has 0 unspecified atom stereocenters. The standard InChI is InChI=1S/C15H23N5O3S3/c1-3-6-16-12(22)8-24-14-18-19-15(26-14)25-9-13(23)20(2)7-11(21)17-10-4-5-10/h10H,3-9H2,1-2H3,(H,16,22)(H,17,21). The van der Waals surface area contributed by atoms with E-state index in [-0.39, 0.29) is 30.0 Å². The monoisotopic (exact) mass is 417 g/mol. The summed E-state index contributed by atoms with van der Waals surface area (Å²) < 4.78 is 1.37. The molecule has 1 aromatic rings. The number of nitrogens with one attached hydrogen (secondary N) is 2. The third kappa shape index (κ3) is 7.92. The molecule has 144 valence electrons. The first-order valence-electron chi connectivity index (χ1n) is 8.37. The van der Waals surface area contributed by atoms with Crippen LogP contribution in [0.1, 0.15) is 26.2 Å². The Kier molecular flexibility index (Phi) is 8.66. The van der Waals surface area contributed by atoms with Crippen LogP contribution in [0, 0.1) is 0 Å². The minimum Gasteiger partial charge on any atom is -0.355 e. The van der Waals surface area contributed by atoms with Crippen LogP contribution in [0.15, 0.2) is 8.68 Å². The highest BCUT2D eigenvalue weighted by atomic mass is 32.2. The van der Waals surface area contributed by atoms with Crippen LogP contribution in [-0.4, -0.2) is 70.5 Å². The number of hydrogen-bond acceptors (Lipinski definition) is 8. The van der Waals surface area contributed by atoms with Crippen molar-refractivity contribution in [2.24, 2.45) is 0 Å². The Labute approximate surface area is 165 Å². The number of nitrogens with zero attached hydrogens (tertiary/aromatic N) is 3. The van der Waals surface area contributed by atoms with Crippen molar-refractivity contribution in [3.63, 3.8) is 0 Å². The van der Waals surface area contributed by atoms with Crippen LogP contribution in [0.3, 0.4) is 0 Å². The van der Waals surface area contributed by atoms with Gasteiger partial charge in [-0.1, -0.05) is 41.8 Å². The number of amides is 3. The van der Waals surface area contributed by atoms with Crippen LogP contribution in [0.5, 0.6) is 0 Å². The lowest BCUT2D eigenvalue weighted by molar-refractivity contribution is -0.132. The van der Waals surface area contributed by atoms with E-state index in [0.717, 1.165) is 19.3 Å². The van der Waals surface area contributed by atoms with Crippen LogP contribution in [0.4, 0.5) is 0 Å². The van der Waals surface area contributed by atoms with Crippen molar-refractivity contribution in [3.8, 4) is 0 Å². The number of carbonyl (C=O) groups is 3. The summed E-state index contributed by atoms with van der Waals surface area (Å²) >= 11 is 3.98. The second-order valence-corrected chi connectivity index (χ2v) is 9.28. The quantitative estimate of drug-likeness (QED) is 0.517. The van der Waals surface area contributed by atoms with Crippen molar-refractivity contribution in [2.45, 2.75) is 40.9 Å². The Bertz CT molecular complexity index is 636. The maximum absolute atomic E-state index is 12.1. The molecule has 1 aliphatic carbocycles. The molecule has 2 N–H and O–H groups in total. The Morgan fingerprint density at radius 2 is 1.81 bits per heavy atom. The van der Waals surface area contributed by atoms with Crippen molar-refractivity contribution in [1.82, 2.24) is 25.7 Å². The zero-order valence-electron chi connectivity index (χ0n) is 14.8. The number of rotatable bonds is 11. The predicted octanol–water partition coefficient (Wildman–Crippen LogP) is 0.985. The third-order valence-electron chi connectivity index (χ3n) is 3.35. The topological polar surface area (TPSA) is 104 Å². The van der Waals surface area contributed by atoms with E-state index in [9.17, 15) is 14.4 Å². The van der Waals surface area contributed by atoms with E-state index in [1.165, 1.54) is 39.8 Å². The summed E-state index contributed by atoms with van der Waals surface area (Å²) in [7, 11) is 1.62. The lowest BCUT2D eigenvalue weighted by Crippen LogP contribution is -2.39. The highest BCUT2D eigenvalue weighted by Gasteiger charge is 2.24. The molecule has 2 rings (SSSR count). The van der Waals surface area contributed by atoms with Gasteiger partial charge in [-0.15, -0.1) is 10.2 Å². The Balaban J connectivity index is 1.66. The van der Waals surface area contributed by atoms with Gasteiger partial charge in [0.15, 0.2) is 8.68 Å². The molecule has 1 heterocycles. The molecule has 0 bridgehead atoms. The normalized spacial score (nSPS) is 13.3. The summed E-state index contributed by atoms with van der Waals surface area (Å²) in [4.78, 5) is 36.8. The van der Waals surface area contributed by atoms with Gasteiger partial charge < -0.3 is 15.5 Å². The van der Waals surface area contributed by atoms with E-state index in [0.29, 0.717) is 27.0 Å². The molecule has 1 fully saturated rings. The third-order valence-corrected chi connectivity index (χ3v) is 6.53. The minimum absolute atomic E-state index is 0.0254. The van der Waals surface area contributed by atoms with E-state index in [1.807, 2.05) is 6.92 Å². The zero-order chi connectivity index (χ0) is 18.9. The van der Waals surface area contributed by atoms with Gasteiger partial charge in [-0.3, -0.25) is 14.4 Å². The molecule has 1 saturated carbocycles. The van der Waals surface area contributed by atoms with Crippen molar-refractivity contribution in [2.75, 3.05) is 31.6 Å². The second-order valence-electron chi connectivity index (χ2n) is 5.85. The second kappa shape index (κ2) is 10.7. The molecule has 3 amide bonds. The van der Waals surface area contributed by atoms with Gasteiger partial charge in [-0.2, -0.15) is 0 Å². The molecule has 8 nitrogen and oxygen atoms in total. The lowest BCUT2D eigenvalue weighted by atomic mass is 10.5. The first kappa shape index (κ1) is 21.0. The summed E-state index contributed by atoms with van der Waals surface area (Å²) in [5.41, 5.74) is 0. The van der Waals surface area contributed by atoms with Crippen LogP contribution in [0.2, 0.25) is 0 Å². The van der Waals surface area contributed by atoms with Crippen molar-refractivity contribution >= 4 is 52.6 Å². The molecular formula is C15H23N5O3S3. The predicted molar refractivity (Wildman–Crippen MR) is 103 cm³/mol. The number of likely N-dealkylation sites (N-methyl/N-ethyl adjacent to an activating group) is 1. The Morgan fingerprint density at radius 1 is 1.15 bits per heavy atom. The van der Waals surface area contributed by atoms with Crippen LogP contribution in [-0.2, 0) is 14.4 Å². The van der Waals surface area contributed by atoms with E-state index in [2.05, 4.69) is 20.8 Å². The molecule has 26 heavy (non-hydrogen) atoms. The van der Waals surface area contributed by atoms with Crippen molar-refractivity contribution in [3.05, 3.63) is 0 Å². The molecule has 0 aromatic carbocycles. The molecule has 0 atom stereocenters. The summed E-state index contributed by atoms with van der Waals surface area (Å²) in [6.07, 6.45) is 2.95. The molecule has 11 heteroatoms. The SMILES string of the molecule is CCCNC(=O)CSc1nnc(SCC(=O)N(C)CC(=O)NC2CC2)s1. The van der Waals surface area contributed by atoms with Crippen molar-refractivity contribution < 1.29 is 14.4 Å². The van der Waals surface area contributed by atoms with E-state index < -0.39 is 0 Å². The van der Waals surface area contributed by atoms with E-state index >= 15 is 0 Å². The smallest absolute Gasteiger partial charge is 0.239 e. The Morgan fingerprint density at radius 3 is 2.42 bits per heavy atom. The number of carbonyl (C=O) groups excluding carboxylic acids is 3. The van der Waals surface area contributed by atoms with Gasteiger partial charge in [0.05, 0.1) is 18.1 Å². The first-order valence-corrected chi connectivity index (χ1v) is 11.2. The van der Waals surface area contributed by atoms with Gasteiger partial charge in [0.2, 0.25) is 17.7 Å². The molecule has 0 radical (unpaired) electrons. The highest BCUT2D eigenvalue weighted by Crippen LogP contribution is 2.28. The maximum atomic E-state index is 12.1. The number of aromatic nitrogens is 2. The molecular weight excluding hydrogens is 394 g/mol. The van der Waals surface area contributed by atoms with Crippen LogP contribution < -0.4 is 10.6 Å². The van der Waals surface area contributed by atoms with E-state index in [1.54, 1.807) is 7.05 Å². The first-order chi connectivity index (χ1) is 12.5. The van der Waals surface area contributed by atoms with Crippen molar-refractivity contribution in [1.29, 1.82) is 0 Å². The largest absolute Gasteiger partial charge is 0.355 e. The van der Waals surface area contributed by atoms with Gasteiger partial charge in [0.1, 0.15) is 0 Å². The summed E-state index contributed by atoms with van der Waals surface area (Å²) in [5, 5.41) is 13.7. The maximum Gasteiger partial charge on any atom is 0.239 e. The van der Waals surface area contributed by atoms with Gasteiger partial charge in [-0.25, -0.2) is 0 Å². The molecule has 1 aliphatic rings. The fourth-order valence-electron chi connectivity index (χ4n) is 1.79. The number of hydrogen-bond donors (Lipinski definition) is 2. The van der Waals surface area contributed by atoms with Crippen LogP contribution in [0.25, 0.3) is 0 Å². The minimum atomic E-state index is -0.135. The average Bonchev–Trinajstić information content (AvgIpc) is 3.30.